The maximum atomic E-state index is 11.2. The average Bonchev–Trinajstić information content (AvgIpc) is 2.12. The van der Waals surface area contributed by atoms with Gasteiger partial charge < -0.3 is 11.1 Å². The topological polar surface area (TPSA) is 55.1 Å². The summed E-state index contributed by atoms with van der Waals surface area (Å²) in [6.07, 6.45) is 2.81. The molecular formula is C8H17IN2OS. The molecule has 0 fully saturated rings. The number of hydrogen-bond acceptors (Lipinski definition) is 3. The number of unbranched alkanes of at least 4 members (excludes halogenated alkanes) is 1. The van der Waals surface area contributed by atoms with Gasteiger partial charge >= 0.3 is 0 Å². The van der Waals surface area contributed by atoms with Crippen molar-refractivity contribution in [2.75, 3.05) is 16.7 Å². The number of nitrogens with one attached hydrogen (secondary N) is 1. The molecule has 0 spiro atoms. The molecule has 0 saturated heterocycles. The highest BCUT2D eigenvalue weighted by atomic mass is 127. The fourth-order valence-corrected chi connectivity index (χ4v) is 1.65. The Morgan fingerprint density at radius 2 is 2.23 bits per heavy atom. The third-order valence-corrected chi connectivity index (χ3v) is 2.66. The third kappa shape index (κ3) is 7.57. The summed E-state index contributed by atoms with van der Waals surface area (Å²) in [7, 11) is 0. The van der Waals surface area contributed by atoms with Crippen molar-refractivity contribution in [3.8, 4) is 0 Å². The molecule has 0 aliphatic rings. The Labute approximate surface area is 98.8 Å². The number of nitrogens with two attached hydrogens (primary N) is 1. The Morgan fingerprint density at radius 1 is 1.54 bits per heavy atom. The van der Waals surface area contributed by atoms with Crippen molar-refractivity contribution in [1.82, 2.24) is 5.32 Å². The fourth-order valence-electron chi connectivity index (χ4n) is 0.832. The predicted molar refractivity (Wildman–Crippen MR) is 67.6 cm³/mol. The molecule has 0 aromatic rings. The minimum absolute atomic E-state index is 0.0532. The van der Waals surface area contributed by atoms with Crippen molar-refractivity contribution in [2.24, 2.45) is 5.73 Å². The molecule has 0 radical (unpaired) electrons. The van der Waals surface area contributed by atoms with Gasteiger partial charge in [-0.15, -0.1) is 0 Å². The van der Waals surface area contributed by atoms with Crippen LogP contribution in [0.2, 0.25) is 0 Å². The van der Waals surface area contributed by atoms with Crippen LogP contribution in [-0.2, 0) is 4.79 Å². The van der Waals surface area contributed by atoms with Crippen molar-refractivity contribution >= 4 is 41.1 Å². The second-order valence-electron chi connectivity index (χ2n) is 2.81. The van der Waals surface area contributed by atoms with E-state index in [2.05, 4.69) is 40.5 Å². The molecule has 78 valence electrons. The van der Waals surface area contributed by atoms with Gasteiger partial charge in [0.2, 0.25) is 5.91 Å². The molecule has 0 saturated carbocycles. The maximum Gasteiger partial charge on any atom is 0.236 e. The highest BCUT2D eigenvalue weighted by molar-refractivity contribution is 14.1. The summed E-state index contributed by atoms with van der Waals surface area (Å²) < 4.78 is 1.14. The van der Waals surface area contributed by atoms with E-state index < -0.39 is 6.04 Å². The van der Waals surface area contributed by atoms with Crippen LogP contribution in [0.25, 0.3) is 0 Å². The Bertz CT molecular complexity index is 146. The number of halogens is 1. The summed E-state index contributed by atoms with van der Waals surface area (Å²) in [4.78, 5) is 11.2. The van der Waals surface area contributed by atoms with Crippen molar-refractivity contribution in [1.29, 1.82) is 0 Å². The molecule has 1 unspecified atom stereocenters. The van der Waals surface area contributed by atoms with E-state index in [0.717, 1.165) is 23.8 Å². The highest BCUT2D eigenvalue weighted by Crippen LogP contribution is 1.94. The number of thiol groups is 1. The molecule has 1 amide bonds. The van der Waals surface area contributed by atoms with E-state index in [9.17, 15) is 4.79 Å². The highest BCUT2D eigenvalue weighted by Gasteiger charge is 2.10. The van der Waals surface area contributed by atoms with Gasteiger partial charge in [0, 0.05) is 6.54 Å². The molecular weight excluding hydrogens is 299 g/mol. The Morgan fingerprint density at radius 3 is 2.77 bits per heavy atom. The zero-order chi connectivity index (χ0) is 10.1. The van der Waals surface area contributed by atoms with E-state index in [0.29, 0.717) is 12.2 Å². The lowest BCUT2D eigenvalue weighted by Crippen LogP contribution is -2.41. The molecule has 0 bridgehead atoms. The normalized spacial score (nSPS) is 12.5. The van der Waals surface area contributed by atoms with Crippen LogP contribution in [0.4, 0.5) is 0 Å². The van der Waals surface area contributed by atoms with Crippen molar-refractivity contribution < 1.29 is 4.79 Å². The second kappa shape index (κ2) is 9.08. The predicted octanol–water partition coefficient (Wildman–Crippen LogP) is 0.965. The summed E-state index contributed by atoms with van der Waals surface area (Å²) in [6, 6.07) is -0.392. The first-order valence-corrected chi connectivity index (χ1v) is 6.58. The second-order valence-corrected chi connectivity index (χ2v) is 4.33. The smallest absolute Gasteiger partial charge is 0.236 e. The van der Waals surface area contributed by atoms with Crippen LogP contribution in [0, 0.1) is 0 Å². The summed E-state index contributed by atoms with van der Waals surface area (Å²) >= 11 is 6.34. The SMILES string of the molecule is NC(CCS)C(=O)NCCCCI. The van der Waals surface area contributed by atoms with Crippen LogP contribution < -0.4 is 11.1 Å². The summed E-state index contributed by atoms with van der Waals surface area (Å²) in [5.74, 6) is 0.602. The maximum absolute atomic E-state index is 11.2. The molecule has 0 aromatic heterocycles. The molecule has 3 nitrogen and oxygen atoms in total. The lowest BCUT2D eigenvalue weighted by Gasteiger charge is -2.10. The largest absolute Gasteiger partial charge is 0.355 e. The number of carbonyl (C=O) groups is 1. The van der Waals surface area contributed by atoms with Gasteiger partial charge in [0.05, 0.1) is 6.04 Å². The minimum Gasteiger partial charge on any atom is -0.355 e. The minimum atomic E-state index is -0.392. The standard InChI is InChI=1S/C8H17IN2OS/c9-4-1-2-5-11-8(12)7(10)3-6-13/h7,13H,1-6,10H2,(H,11,12). The van der Waals surface area contributed by atoms with E-state index in [1.54, 1.807) is 0 Å². The van der Waals surface area contributed by atoms with Gasteiger partial charge in [0.1, 0.15) is 0 Å². The monoisotopic (exact) mass is 316 g/mol. The van der Waals surface area contributed by atoms with Gasteiger partial charge in [-0.3, -0.25) is 4.79 Å². The van der Waals surface area contributed by atoms with Crippen LogP contribution >= 0.6 is 35.2 Å². The fraction of sp³-hybridized carbons (Fsp3) is 0.875. The van der Waals surface area contributed by atoms with Gasteiger partial charge in [0.15, 0.2) is 0 Å². The van der Waals surface area contributed by atoms with E-state index in [1.807, 2.05) is 0 Å². The van der Waals surface area contributed by atoms with Crippen LogP contribution in [0.3, 0.4) is 0 Å². The zero-order valence-electron chi connectivity index (χ0n) is 7.63. The average molecular weight is 316 g/mol. The Hall–Kier alpha value is 0.510. The van der Waals surface area contributed by atoms with Crippen molar-refractivity contribution in [3.05, 3.63) is 0 Å². The van der Waals surface area contributed by atoms with E-state index in [1.165, 1.54) is 0 Å². The molecule has 0 aliphatic carbocycles. The lowest BCUT2D eigenvalue weighted by molar-refractivity contribution is -0.122. The summed E-state index contributed by atoms with van der Waals surface area (Å²) in [5, 5.41) is 2.80. The number of rotatable bonds is 7. The quantitative estimate of drug-likeness (QED) is 0.284. The van der Waals surface area contributed by atoms with Crippen LogP contribution in [0.1, 0.15) is 19.3 Å². The van der Waals surface area contributed by atoms with Crippen molar-refractivity contribution in [2.45, 2.75) is 25.3 Å². The first-order chi connectivity index (χ1) is 6.22. The van der Waals surface area contributed by atoms with E-state index in [4.69, 9.17) is 5.73 Å². The first kappa shape index (κ1) is 13.5. The molecule has 3 N–H and O–H groups in total. The Balaban J connectivity index is 3.38. The number of alkyl halides is 1. The number of carbonyl (C=O) groups excluding carboxylic acids is 1. The number of amides is 1. The van der Waals surface area contributed by atoms with Gasteiger partial charge in [-0.25, -0.2) is 0 Å². The van der Waals surface area contributed by atoms with E-state index >= 15 is 0 Å². The third-order valence-electron chi connectivity index (χ3n) is 1.64. The molecule has 0 aromatic carbocycles. The molecule has 0 rings (SSSR count). The van der Waals surface area contributed by atoms with Gasteiger partial charge in [-0.05, 0) is 29.4 Å². The zero-order valence-corrected chi connectivity index (χ0v) is 10.7. The molecule has 5 heteroatoms. The molecule has 0 aliphatic heterocycles. The van der Waals surface area contributed by atoms with Gasteiger partial charge in [-0.2, -0.15) is 12.6 Å². The first-order valence-electron chi connectivity index (χ1n) is 4.42. The summed E-state index contributed by atoms with van der Waals surface area (Å²) in [6.45, 7) is 0.738. The van der Waals surface area contributed by atoms with Crippen LogP contribution in [0.5, 0.6) is 0 Å². The summed E-state index contributed by atoms with van der Waals surface area (Å²) in [5.41, 5.74) is 5.58. The lowest BCUT2D eigenvalue weighted by atomic mass is 10.2. The van der Waals surface area contributed by atoms with Gasteiger partial charge in [-0.1, -0.05) is 22.6 Å². The van der Waals surface area contributed by atoms with Crippen LogP contribution in [0.15, 0.2) is 0 Å². The Kier molecular flexibility index (Phi) is 9.44. The number of hydrogen-bond donors (Lipinski definition) is 3. The van der Waals surface area contributed by atoms with Gasteiger partial charge in [0.25, 0.3) is 0 Å². The molecule has 0 heterocycles. The molecule has 1 atom stereocenters. The van der Waals surface area contributed by atoms with E-state index in [-0.39, 0.29) is 5.91 Å². The van der Waals surface area contributed by atoms with Crippen molar-refractivity contribution in [3.63, 3.8) is 0 Å². The molecule has 13 heavy (non-hydrogen) atoms. The van der Waals surface area contributed by atoms with Crippen LogP contribution in [-0.4, -0.2) is 28.7 Å².